The summed E-state index contributed by atoms with van der Waals surface area (Å²) in [6.07, 6.45) is 0.897. The Morgan fingerprint density at radius 2 is 1.89 bits per heavy atom. The fourth-order valence-electron chi connectivity index (χ4n) is 2.02. The van der Waals surface area contributed by atoms with E-state index in [2.05, 4.69) is 41.6 Å². The van der Waals surface area contributed by atoms with Crippen LogP contribution in [-0.2, 0) is 9.53 Å². The highest BCUT2D eigenvalue weighted by Gasteiger charge is 2.04. The van der Waals surface area contributed by atoms with Gasteiger partial charge in [-0.05, 0) is 24.5 Å². The van der Waals surface area contributed by atoms with E-state index >= 15 is 0 Å². The summed E-state index contributed by atoms with van der Waals surface area (Å²) < 4.78 is 5.59. The lowest BCUT2D eigenvalue weighted by molar-refractivity contribution is -0.127. The standard InChI is InChI=1S/C20H34N4O2S/c1-17(2)16-26-13-8-11-21-20(23-15-19(25)24(3)4)22-12-14-27-18-9-6-5-7-10-18/h5-7,9-10,17H,8,11-16H2,1-4H3,(H2,21,22,23). The van der Waals surface area contributed by atoms with Gasteiger partial charge in [0, 0.05) is 51.0 Å². The molecule has 27 heavy (non-hydrogen) atoms. The number of rotatable bonds is 12. The predicted octanol–water partition coefficient (Wildman–Crippen LogP) is 2.46. The van der Waals surface area contributed by atoms with Crippen LogP contribution in [0.3, 0.4) is 0 Å². The Morgan fingerprint density at radius 3 is 2.56 bits per heavy atom. The molecule has 0 fully saturated rings. The fourth-order valence-corrected chi connectivity index (χ4v) is 2.81. The lowest BCUT2D eigenvalue weighted by Gasteiger charge is -2.14. The number of aliphatic imine (C=N–C) groups is 1. The molecule has 0 bridgehead atoms. The molecule has 1 rings (SSSR count). The molecule has 1 amide bonds. The molecular weight excluding hydrogens is 360 g/mol. The molecule has 0 aliphatic heterocycles. The zero-order valence-electron chi connectivity index (χ0n) is 17.0. The minimum absolute atomic E-state index is 0.0185. The van der Waals surface area contributed by atoms with Crippen LogP contribution in [0.5, 0.6) is 0 Å². The zero-order chi connectivity index (χ0) is 19.9. The topological polar surface area (TPSA) is 66.0 Å². The van der Waals surface area contributed by atoms with E-state index < -0.39 is 0 Å². The van der Waals surface area contributed by atoms with Crippen LogP contribution in [0.1, 0.15) is 20.3 Å². The number of likely N-dealkylation sites (N-methyl/N-ethyl adjacent to an activating group) is 1. The molecule has 0 saturated heterocycles. The van der Waals surface area contributed by atoms with Crippen molar-refractivity contribution < 1.29 is 9.53 Å². The van der Waals surface area contributed by atoms with Crippen molar-refractivity contribution in [1.82, 2.24) is 15.5 Å². The minimum Gasteiger partial charge on any atom is -0.381 e. The molecule has 0 spiro atoms. The van der Waals surface area contributed by atoms with E-state index in [0.717, 1.165) is 38.5 Å². The molecule has 0 aliphatic rings. The summed E-state index contributed by atoms with van der Waals surface area (Å²) in [7, 11) is 3.47. The Labute approximate surface area is 168 Å². The number of hydrogen-bond donors (Lipinski definition) is 2. The highest BCUT2D eigenvalue weighted by Crippen LogP contribution is 2.15. The molecule has 0 aromatic heterocycles. The van der Waals surface area contributed by atoms with Gasteiger partial charge in [-0.3, -0.25) is 4.79 Å². The van der Waals surface area contributed by atoms with Crippen molar-refractivity contribution in [2.45, 2.75) is 25.2 Å². The van der Waals surface area contributed by atoms with Crippen LogP contribution >= 0.6 is 11.8 Å². The van der Waals surface area contributed by atoms with Crippen molar-refractivity contribution in [3.8, 4) is 0 Å². The maximum atomic E-state index is 11.8. The quantitative estimate of drug-likeness (QED) is 0.247. The Bertz CT molecular complexity index is 550. The normalized spacial score (nSPS) is 11.5. The second kappa shape index (κ2) is 14.3. The van der Waals surface area contributed by atoms with Gasteiger partial charge in [0.15, 0.2) is 5.96 Å². The molecule has 152 valence electrons. The van der Waals surface area contributed by atoms with E-state index in [1.54, 1.807) is 30.8 Å². The van der Waals surface area contributed by atoms with Crippen LogP contribution in [0.4, 0.5) is 0 Å². The van der Waals surface area contributed by atoms with Crippen molar-refractivity contribution in [1.29, 1.82) is 0 Å². The number of benzene rings is 1. The molecule has 0 aliphatic carbocycles. The highest BCUT2D eigenvalue weighted by atomic mass is 32.2. The third-order valence-electron chi connectivity index (χ3n) is 3.49. The first-order chi connectivity index (χ1) is 13.0. The van der Waals surface area contributed by atoms with Crippen LogP contribution < -0.4 is 10.6 Å². The van der Waals surface area contributed by atoms with Gasteiger partial charge < -0.3 is 20.3 Å². The molecule has 0 atom stereocenters. The van der Waals surface area contributed by atoms with Crippen LogP contribution in [0.25, 0.3) is 0 Å². The van der Waals surface area contributed by atoms with Gasteiger partial charge in [0.1, 0.15) is 6.54 Å². The van der Waals surface area contributed by atoms with Crippen molar-refractivity contribution in [3.05, 3.63) is 30.3 Å². The van der Waals surface area contributed by atoms with Crippen molar-refractivity contribution in [2.75, 3.05) is 52.7 Å². The van der Waals surface area contributed by atoms with Gasteiger partial charge in [-0.2, -0.15) is 0 Å². The zero-order valence-corrected chi connectivity index (χ0v) is 17.8. The first-order valence-corrected chi connectivity index (χ1v) is 10.5. The Balaban J connectivity index is 2.35. The van der Waals surface area contributed by atoms with Crippen LogP contribution in [-0.4, -0.2) is 69.5 Å². The molecule has 6 nitrogen and oxygen atoms in total. The number of ether oxygens (including phenoxy) is 1. The molecule has 2 N–H and O–H groups in total. The number of guanidine groups is 1. The van der Waals surface area contributed by atoms with Gasteiger partial charge in [-0.15, -0.1) is 11.8 Å². The maximum absolute atomic E-state index is 11.8. The smallest absolute Gasteiger partial charge is 0.243 e. The summed E-state index contributed by atoms with van der Waals surface area (Å²) in [5.74, 6) is 2.12. The lowest BCUT2D eigenvalue weighted by atomic mass is 10.2. The van der Waals surface area contributed by atoms with E-state index in [0.29, 0.717) is 11.9 Å². The Kier molecular flexibility index (Phi) is 12.4. The summed E-state index contributed by atoms with van der Waals surface area (Å²) in [6.45, 7) is 7.45. The number of hydrogen-bond acceptors (Lipinski definition) is 4. The molecule has 1 aromatic carbocycles. The molecule has 0 saturated carbocycles. The fraction of sp³-hybridized carbons (Fsp3) is 0.600. The molecule has 1 aromatic rings. The number of amides is 1. The summed E-state index contributed by atoms with van der Waals surface area (Å²) >= 11 is 1.79. The molecule has 7 heteroatoms. The lowest BCUT2D eigenvalue weighted by Crippen LogP contribution is -2.40. The number of carbonyl (C=O) groups excluding carboxylic acids is 1. The van der Waals surface area contributed by atoms with E-state index in [1.165, 1.54) is 4.90 Å². The number of nitrogens with one attached hydrogen (secondary N) is 2. The van der Waals surface area contributed by atoms with E-state index in [4.69, 9.17) is 4.74 Å². The van der Waals surface area contributed by atoms with Crippen LogP contribution in [0.2, 0.25) is 0 Å². The molecular formula is C20H34N4O2S. The van der Waals surface area contributed by atoms with Gasteiger partial charge in [0.05, 0.1) is 0 Å². The first-order valence-electron chi connectivity index (χ1n) is 9.47. The first kappa shape index (κ1) is 23.3. The van der Waals surface area contributed by atoms with Gasteiger partial charge in [-0.25, -0.2) is 4.99 Å². The van der Waals surface area contributed by atoms with E-state index in [-0.39, 0.29) is 12.5 Å². The van der Waals surface area contributed by atoms with Crippen molar-refractivity contribution in [3.63, 3.8) is 0 Å². The maximum Gasteiger partial charge on any atom is 0.243 e. The summed E-state index contributed by atoms with van der Waals surface area (Å²) in [5.41, 5.74) is 0. The SMILES string of the molecule is CC(C)COCCCNC(=NCC(=O)N(C)C)NCCSc1ccccc1. The second-order valence-electron chi connectivity index (χ2n) is 6.79. The summed E-state index contributed by atoms with van der Waals surface area (Å²) in [4.78, 5) is 19.0. The van der Waals surface area contributed by atoms with Crippen molar-refractivity contribution in [2.24, 2.45) is 10.9 Å². The predicted molar refractivity (Wildman–Crippen MR) is 114 cm³/mol. The monoisotopic (exact) mass is 394 g/mol. The van der Waals surface area contributed by atoms with Crippen molar-refractivity contribution >= 4 is 23.6 Å². The van der Waals surface area contributed by atoms with Gasteiger partial charge >= 0.3 is 0 Å². The number of thioether (sulfide) groups is 1. The Morgan fingerprint density at radius 1 is 1.19 bits per heavy atom. The third-order valence-corrected chi connectivity index (χ3v) is 4.50. The summed E-state index contributed by atoms with van der Waals surface area (Å²) in [5, 5.41) is 6.58. The minimum atomic E-state index is -0.0185. The number of carbonyl (C=O) groups is 1. The second-order valence-corrected chi connectivity index (χ2v) is 7.96. The van der Waals surface area contributed by atoms with Gasteiger partial charge in [-0.1, -0.05) is 32.0 Å². The van der Waals surface area contributed by atoms with Crippen LogP contribution in [0, 0.1) is 5.92 Å². The van der Waals surface area contributed by atoms with E-state index in [9.17, 15) is 4.79 Å². The largest absolute Gasteiger partial charge is 0.381 e. The molecule has 0 radical (unpaired) electrons. The average Bonchev–Trinajstić information content (AvgIpc) is 2.65. The summed E-state index contributed by atoms with van der Waals surface area (Å²) in [6, 6.07) is 10.3. The molecule has 0 heterocycles. The van der Waals surface area contributed by atoms with E-state index in [1.807, 2.05) is 18.2 Å². The van der Waals surface area contributed by atoms with Crippen LogP contribution in [0.15, 0.2) is 40.2 Å². The highest BCUT2D eigenvalue weighted by molar-refractivity contribution is 7.99. The Hall–Kier alpha value is -1.73. The van der Waals surface area contributed by atoms with Gasteiger partial charge in [0.25, 0.3) is 0 Å². The number of nitrogens with zero attached hydrogens (tertiary/aromatic N) is 2. The average molecular weight is 395 g/mol. The van der Waals surface area contributed by atoms with Gasteiger partial charge in [0.2, 0.25) is 5.91 Å². The third kappa shape index (κ3) is 12.3. The molecule has 0 unspecified atom stereocenters.